The smallest absolute Gasteiger partial charge is 0.118 e. The standard InChI is InChI=1S/C6H10O2/c1-6-4(7)2-3-5(6)8-6/h4-5,7H,2-3H2,1H3/t4-,5-,6+/m1/s1. The number of rotatable bonds is 0. The molecule has 0 aromatic rings. The maximum Gasteiger partial charge on any atom is 0.118 e. The summed E-state index contributed by atoms with van der Waals surface area (Å²) >= 11 is 0. The van der Waals surface area contributed by atoms with Crippen LogP contribution >= 0.6 is 0 Å². The van der Waals surface area contributed by atoms with Crippen LogP contribution in [-0.2, 0) is 4.74 Å². The summed E-state index contributed by atoms with van der Waals surface area (Å²) in [4.78, 5) is 0. The lowest BCUT2D eigenvalue weighted by Crippen LogP contribution is -2.22. The second-order valence-electron chi connectivity index (χ2n) is 2.88. The molecular weight excluding hydrogens is 104 g/mol. The highest BCUT2D eigenvalue weighted by molar-refractivity contribution is 5.09. The molecular formula is C6H10O2. The van der Waals surface area contributed by atoms with Crippen molar-refractivity contribution in [3.05, 3.63) is 0 Å². The summed E-state index contributed by atoms with van der Waals surface area (Å²) in [7, 11) is 0. The number of aliphatic hydroxyl groups is 1. The van der Waals surface area contributed by atoms with E-state index in [0.717, 1.165) is 12.8 Å². The molecule has 1 aliphatic heterocycles. The number of ether oxygens (including phenoxy) is 1. The summed E-state index contributed by atoms with van der Waals surface area (Å²) < 4.78 is 5.20. The third-order valence-electron chi connectivity index (χ3n) is 2.34. The monoisotopic (exact) mass is 114 g/mol. The minimum Gasteiger partial charge on any atom is -0.390 e. The summed E-state index contributed by atoms with van der Waals surface area (Å²) in [6.45, 7) is 1.98. The van der Waals surface area contributed by atoms with Crippen molar-refractivity contribution >= 4 is 0 Å². The van der Waals surface area contributed by atoms with E-state index in [4.69, 9.17) is 4.74 Å². The summed E-state index contributed by atoms with van der Waals surface area (Å²) in [5.74, 6) is 0. The van der Waals surface area contributed by atoms with Crippen molar-refractivity contribution in [3.8, 4) is 0 Å². The van der Waals surface area contributed by atoms with E-state index >= 15 is 0 Å². The lowest BCUT2D eigenvalue weighted by atomic mass is 10.1. The topological polar surface area (TPSA) is 32.8 Å². The Morgan fingerprint density at radius 3 is 2.50 bits per heavy atom. The first-order chi connectivity index (χ1) is 3.73. The van der Waals surface area contributed by atoms with E-state index in [1.165, 1.54) is 0 Å². The summed E-state index contributed by atoms with van der Waals surface area (Å²) in [5.41, 5.74) is -0.125. The van der Waals surface area contributed by atoms with Gasteiger partial charge < -0.3 is 9.84 Å². The molecule has 0 radical (unpaired) electrons. The minimum absolute atomic E-state index is 0.125. The van der Waals surface area contributed by atoms with E-state index in [9.17, 15) is 5.11 Å². The molecule has 1 aliphatic carbocycles. The van der Waals surface area contributed by atoms with Gasteiger partial charge in [-0.25, -0.2) is 0 Å². The van der Waals surface area contributed by atoms with Crippen LogP contribution in [-0.4, -0.2) is 22.9 Å². The fourth-order valence-electron chi connectivity index (χ4n) is 1.51. The van der Waals surface area contributed by atoms with Crippen molar-refractivity contribution in [1.82, 2.24) is 0 Å². The summed E-state index contributed by atoms with van der Waals surface area (Å²) in [6.07, 6.45) is 2.18. The van der Waals surface area contributed by atoms with E-state index in [-0.39, 0.29) is 11.7 Å². The van der Waals surface area contributed by atoms with Crippen molar-refractivity contribution in [2.75, 3.05) is 0 Å². The van der Waals surface area contributed by atoms with Crippen LogP contribution in [0.4, 0.5) is 0 Å². The van der Waals surface area contributed by atoms with Gasteiger partial charge in [-0.05, 0) is 19.8 Å². The predicted molar refractivity (Wildman–Crippen MR) is 28.5 cm³/mol. The van der Waals surface area contributed by atoms with Crippen molar-refractivity contribution in [3.63, 3.8) is 0 Å². The average molecular weight is 114 g/mol. The fourth-order valence-corrected chi connectivity index (χ4v) is 1.51. The second-order valence-corrected chi connectivity index (χ2v) is 2.88. The SMILES string of the molecule is C[C@@]12O[C@@H]1CC[C@H]2O. The van der Waals surface area contributed by atoms with Gasteiger partial charge in [0.2, 0.25) is 0 Å². The van der Waals surface area contributed by atoms with Crippen molar-refractivity contribution < 1.29 is 9.84 Å². The molecule has 2 fully saturated rings. The lowest BCUT2D eigenvalue weighted by Gasteiger charge is -2.06. The van der Waals surface area contributed by atoms with E-state index in [2.05, 4.69) is 0 Å². The molecule has 1 heterocycles. The van der Waals surface area contributed by atoms with Gasteiger partial charge in [-0.3, -0.25) is 0 Å². The Morgan fingerprint density at radius 2 is 2.38 bits per heavy atom. The van der Waals surface area contributed by atoms with Crippen LogP contribution in [0.3, 0.4) is 0 Å². The van der Waals surface area contributed by atoms with Gasteiger partial charge in [0.05, 0.1) is 12.2 Å². The van der Waals surface area contributed by atoms with E-state index in [1.54, 1.807) is 0 Å². The van der Waals surface area contributed by atoms with Gasteiger partial charge in [-0.2, -0.15) is 0 Å². The minimum atomic E-state index is -0.188. The first kappa shape index (κ1) is 4.77. The fraction of sp³-hybridized carbons (Fsp3) is 1.00. The Balaban J connectivity index is 2.19. The van der Waals surface area contributed by atoms with Crippen molar-refractivity contribution in [2.24, 2.45) is 0 Å². The largest absolute Gasteiger partial charge is 0.390 e. The van der Waals surface area contributed by atoms with Crippen molar-refractivity contribution in [1.29, 1.82) is 0 Å². The van der Waals surface area contributed by atoms with Crippen LogP contribution in [0.25, 0.3) is 0 Å². The summed E-state index contributed by atoms with van der Waals surface area (Å²) in [5, 5.41) is 9.17. The molecule has 1 N–H and O–H groups in total. The molecule has 0 bridgehead atoms. The molecule has 0 spiro atoms. The third kappa shape index (κ3) is 0.361. The Hall–Kier alpha value is -0.0800. The van der Waals surface area contributed by atoms with Gasteiger partial charge in [0.25, 0.3) is 0 Å². The highest BCUT2D eigenvalue weighted by Gasteiger charge is 2.61. The third-order valence-corrected chi connectivity index (χ3v) is 2.34. The average Bonchev–Trinajstić information content (AvgIpc) is 2.31. The Morgan fingerprint density at radius 1 is 1.62 bits per heavy atom. The van der Waals surface area contributed by atoms with E-state index < -0.39 is 0 Å². The molecule has 2 rings (SSSR count). The van der Waals surface area contributed by atoms with Gasteiger partial charge in [0.15, 0.2) is 0 Å². The molecule has 0 aromatic heterocycles. The molecule has 8 heavy (non-hydrogen) atoms. The Bertz CT molecular complexity index is 122. The number of aliphatic hydroxyl groups excluding tert-OH is 1. The second kappa shape index (κ2) is 1.09. The lowest BCUT2D eigenvalue weighted by molar-refractivity contribution is 0.0744. The van der Waals surface area contributed by atoms with Crippen LogP contribution < -0.4 is 0 Å². The first-order valence-corrected chi connectivity index (χ1v) is 3.09. The van der Waals surface area contributed by atoms with E-state index in [0.29, 0.717) is 6.10 Å². The van der Waals surface area contributed by atoms with Crippen LogP contribution in [0.1, 0.15) is 19.8 Å². The quantitative estimate of drug-likeness (QED) is 0.459. The molecule has 2 aliphatic rings. The Labute approximate surface area is 48.5 Å². The van der Waals surface area contributed by atoms with Crippen LogP contribution in [0.15, 0.2) is 0 Å². The first-order valence-electron chi connectivity index (χ1n) is 3.09. The predicted octanol–water partition coefficient (Wildman–Crippen LogP) is 0.299. The van der Waals surface area contributed by atoms with E-state index in [1.807, 2.05) is 6.92 Å². The molecule has 0 aromatic carbocycles. The number of hydrogen-bond donors (Lipinski definition) is 1. The number of fused-ring (bicyclic) bond motifs is 1. The highest BCUT2D eigenvalue weighted by Crippen LogP contribution is 2.49. The molecule has 0 amide bonds. The normalized spacial score (nSPS) is 60.8. The molecule has 2 nitrogen and oxygen atoms in total. The zero-order chi connectivity index (χ0) is 5.78. The van der Waals surface area contributed by atoms with Crippen molar-refractivity contribution in [2.45, 2.75) is 37.6 Å². The molecule has 1 saturated heterocycles. The molecule has 1 saturated carbocycles. The van der Waals surface area contributed by atoms with Gasteiger partial charge in [0.1, 0.15) is 5.60 Å². The molecule has 46 valence electrons. The van der Waals surface area contributed by atoms with Gasteiger partial charge in [-0.15, -0.1) is 0 Å². The zero-order valence-electron chi connectivity index (χ0n) is 4.92. The number of hydrogen-bond acceptors (Lipinski definition) is 2. The maximum absolute atomic E-state index is 9.17. The Kier molecular flexibility index (Phi) is 0.649. The maximum atomic E-state index is 9.17. The van der Waals surface area contributed by atoms with Crippen LogP contribution in [0, 0.1) is 0 Å². The molecule has 2 heteroatoms. The van der Waals surface area contributed by atoms with Gasteiger partial charge >= 0.3 is 0 Å². The van der Waals surface area contributed by atoms with Crippen LogP contribution in [0.2, 0.25) is 0 Å². The van der Waals surface area contributed by atoms with Gasteiger partial charge in [-0.1, -0.05) is 0 Å². The van der Waals surface area contributed by atoms with Gasteiger partial charge in [0, 0.05) is 0 Å². The number of epoxide rings is 1. The molecule has 0 unspecified atom stereocenters. The highest BCUT2D eigenvalue weighted by atomic mass is 16.6. The zero-order valence-corrected chi connectivity index (χ0v) is 4.92. The van der Waals surface area contributed by atoms with Crippen LogP contribution in [0.5, 0.6) is 0 Å². The summed E-state index contributed by atoms with van der Waals surface area (Å²) in [6, 6.07) is 0. The molecule has 3 atom stereocenters.